The van der Waals surface area contributed by atoms with E-state index in [0.717, 1.165) is 11.1 Å². The van der Waals surface area contributed by atoms with Gasteiger partial charge in [0.2, 0.25) is 0 Å². The van der Waals surface area contributed by atoms with Crippen LogP contribution in [-0.2, 0) is 14.4 Å². The van der Waals surface area contributed by atoms with Crippen LogP contribution in [0.3, 0.4) is 0 Å². The highest BCUT2D eigenvalue weighted by Gasteiger charge is 2.34. The molecule has 1 heterocycles. The van der Waals surface area contributed by atoms with Crippen molar-refractivity contribution in [2.45, 2.75) is 6.92 Å². The van der Waals surface area contributed by atoms with Gasteiger partial charge in [-0.3, -0.25) is 19.8 Å². The molecule has 2 aromatic rings. The van der Waals surface area contributed by atoms with Crippen LogP contribution in [0.25, 0.3) is 6.08 Å². The normalized spacial score (nSPS) is 15.3. The Kier molecular flexibility index (Phi) is 4.73. The highest BCUT2D eigenvalue weighted by Crippen LogP contribution is 2.26. The van der Waals surface area contributed by atoms with Gasteiger partial charge in [0.1, 0.15) is 17.1 Å². The number of esters is 1. The fourth-order valence-corrected chi connectivity index (χ4v) is 2.54. The van der Waals surface area contributed by atoms with Gasteiger partial charge in [0.15, 0.2) is 0 Å². The number of carbonyl (C=O) groups is 3. The lowest BCUT2D eigenvalue weighted by Gasteiger charge is -2.14. The number of hydrazine groups is 1. The van der Waals surface area contributed by atoms with Crippen molar-refractivity contribution in [2.75, 3.05) is 5.01 Å². The zero-order valence-electron chi connectivity index (χ0n) is 13.5. The van der Waals surface area contributed by atoms with E-state index in [-0.39, 0.29) is 16.3 Å². The van der Waals surface area contributed by atoms with Crippen LogP contribution in [0.15, 0.2) is 48.0 Å². The molecule has 132 valence electrons. The Labute approximate surface area is 152 Å². The number of rotatable bonds is 3. The first kappa shape index (κ1) is 17.6. The van der Waals surface area contributed by atoms with Crippen molar-refractivity contribution < 1.29 is 23.5 Å². The van der Waals surface area contributed by atoms with Gasteiger partial charge >= 0.3 is 5.97 Å². The summed E-state index contributed by atoms with van der Waals surface area (Å²) in [4.78, 5) is 35.7. The molecule has 0 saturated carbocycles. The second-order valence-corrected chi connectivity index (χ2v) is 5.81. The Hall–Kier alpha value is -3.19. The van der Waals surface area contributed by atoms with E-state index in [9.17, 15) is 18.8 Å². The molecule has 0 atom stereocenters. The predicted octanol–water partition coefficient (Wildman–Crippen LogP) is 2.87. The number of nitrogens with one attached hydrogen (secondary N) is 1. The van der Waals surface area contributed by atoms with Gasteiger partial charge in [0.05, 0.1) is 10.7 Å². The van der Waals surface area contributed by atoms with Crippen LogP contribution in [0.4, 0.5) is 10.1 Å². The molecule has 0 aromatic heterocycles. The number of nitrogens with zero attached hydrogens (tertiary/aromatic N) is 1. The number of hydrogen-bond donors (Lipinski definition) is 1. The Morgan fingerprint density at radius 3 is 2.69 bits per heavy atom. The Morgan fingerprint density at radius 2 is 2.00 bits per heavy atom. The van der Waals surface area contributed by atoms with Crippen molar-refractivity contribution in [1.82, 2.24) is 5.43 Å². The average molecular weight is 375 g/mol. The maximum atomic E-state index is 13.3. The lowest BCUT2D eigenvalue weighted by atomic mass is 10.1. The molecule has 1 aliphatic heterocycles. The van der Waals surface area contributed by atoms with E-state index in [2.05, 4.69) is 5.43 Å². The molecule has 0 bridgehead atoms. The van der Waals surface area contributed by atoms with Crippen LogP contribution in [0.5, 0.6) is 5.75 Å². The van der Waals surface area contributed by atoms with Gasteiger partial charge in [-0.15, -0.1) is 0 Å². The van der Waals surface area contributed by atoms with Gasteiger partial charge in [-0.1, -0.05) is 23.7 Å². The highest BCUT2D eigenvalue weighted by molar-refractivity contribution is 6.33. The van der Waals surface area contributed by atoms with Gasteiger partial charge in [-0.2, -0.15) is 0 Å². The van der Waals surface area contributed by atoms with Crippen LogP contribution < -0.4 is 15.2 Å². The van der Waals surface area contributed by atoms with Crippen molar-refractivity contribution in [3.63, 3.8) is 0 Å². The number of carbonyl (C=O) groups excluding carboxylic acids is 3. The van der Waals surface area contributed by atoms with E-state index in [4.69, 9.17) is 16.3 Å². The molecule has 1 N–H and O–H groups in total. The summed E-state index contributed by atoms with van der Waals surface area (Å²) in [7, 11) is 0. The molecule has 2 aromatic carbocycles. The van der Waals surface area contributed by atoms with Crippen molar-refractivity contribution in [3.8, 4) is 5.75 Å². The third kappa shape index (κ3) is 3.57. The van der Waals surface area contributed by atoms with Gasteiger partial charge in [0, 0.05) is 6.92 Å². The molecule has 0 radical (unpaired) electrons. The smallest absolute Gasteiger partial charge is 0.308 e. The van der Waals surface area contributed by atoms with Crippen LogP contribution in [0.2, 0.25) is 5.02 Å². The molecule has 1 aliphatic rings. The minimum atomic E-state index is -0.633. The standard InChI is InChI=1S/C18H12ClFN2O4/c1-10(23)26-13-4-2-3-11(7-13)8-14-17(24)21-22(18(14)25)12-5-6-16(20)15(19)9-12/h2-9H,1H3,(H,21,24)/b14-8-. The SMILES string of the molecule is CC(=O)Oc1cccc(/C=C2/C(=O)NN(c3ccc(F)c(Cl)c3)C2=O)c1. The molecule has 8 heteroatoms. The second-order valence-electron chi connectivity index (χ2n) is 5.40. The summed E-state index contributed by atoms with van der Waals surface area (Å²) < 4.78 is 18.3. The monoisotopic (exact) mass is 374 g/mol. The van der Waals surface area contributed by atoms with Gasteiger partial charge in [-0.05, 0) is 42.0 Å². The molecule has 1 saturated heterocycles. The summed E-state index contributed by atoms with van der Waals surface area (Å²) in [6.45, 7) is 1.27. The number of hydrogen-bond acceptors (Lipinski definition) is 4. The Balaban J connectivity index is 1.90. The fraction of sp³-hybridized carbons (Fsp3) is 0.0556. The van der Waals surface area contributed by atoms with Crippen LogP contribution >= 0.6 is 11.6 Å². The quantitative estimate of drug-likeness (QED) is 0.388. The number of halogens is 2. The second kappa shape index (κ2) is 6.97. The van der Waals surface area contributed by atoms with E-state index >= 15 is 0 Å². The molecular weight excluding hydrogens is 363 g/mol. The lowest BCUT2D eigenvalue weighted by molar-refractivity contribution is -0.132. The summed E-state index contributed by atoms with van der Waals surface area (Å²) in [5.74, 6) is -2.06. The minimum Gasteiger partial charge on any atom is -0.427 e. The van der Waals surface area contributed by atoms with Crippen molar-refractivity contribution in [2.24, 2.45) is 0 Å². The van der Waals surface area contributed by atoms with Gasteiger partial charge < -0.3 is 4.74 Å². The molecule has 6 nitrogen and oxygen atoms in total. The van der Waals surface area contributed by atoms with E-state index in [1.54, 1.807) is 18.2 Å². The first-order chi connectivity index (χ1) is 12.3. The maximum Gasteiger partial charge on any atom is 0.308 e. The molecule has 1 fully saturated rings. The molecule has 2 amide bonds. The summed E-state index contributed by atoms with van der Waals surface area (Å²) in [5, 5.41) is 0.811. The van der Waals surface area contributed by atoms with E-state index in [1.165, 1.54) is 31.2 Å². The lowest BCUT2D eigenvalue weighted by Crippen LogP contribution is -2.35. The van der Waals surface area contributed by atoms with Crippen LogP contribution in [-0.4, -0.2) is 17.8 Å². The molecule has 0 unspecified atom stereocenters. The summed E-state index contributed by atoms with van der Waals surface area (Å²) in [6, 6.07) is 10.0. The number of ether oxygens (including phenoxy) is 1. The first-order valence-electron chi connectivity index (χ1n) is 7.46. The summed E-state index contributed by atoms with van der Waals surface area (Å²) in [6.07, 6.45) is 1.37. The largest absolute Gasteiger partial charge is 0.427 e. The fourth-order valence-electron chi connectivity index (χ4n) is 2.36. The Morgan fingerprint density at radius 1 is 1.23 bits per heavy atom. The molecule has 3 rings (SSSR count). The molecule has 0 spiro atoms. The molecule has 26 heavy (non-hydrogen) atoms. The van der Waals surface area contributed by atoms with Crippen LogP contribution in [0.1, 0.15) is 12.5 Å². The number of amides is 2. The maximum absolute atomic E-state index is 13.3. The summed E-state index contributed by atoms with van der Waals surface area (Å²) >= 11 is 5.72. The summed E-state index contributed by atoms with van der Waals surface area (Å²) in [5.41, 5.74) is 3.00. The molecular formula is C18H12ClFN2O4. The van der Waals surface area contributed by atoms with Crippen LogP contribution in [0, 0.1) is 5.82 Å². The van der Waals surface area contributed by atoms with Crippen molar-refractivity contribution >= 4 is 41.1 Å². The van der Waals surface area contributed by atoms with E-state index < -0.39 is 23.6 Å². The highest BCUT2D eigenvalue weighted by atomic mass is 35.5. The number of anilines is 1. The Bertz CT molecular complexity index is 958. The van der Waals surface area contributed by atoms with E-state index in [0.29, 0.717) is 11.3 Å². The van der Waals surface area contributed by atoms with Gasteiger partial charge in [-0.25, -0.2) is 9.40 Å². The zero-order valence-corrected chi connectivity index (χ0v) is 14.2. The third-order valence-electron chi connectivity index (χ3n) is 3.48. The topological polar surface area (TPSA) is 75.7 Å². The zero-order chi connectivity index (χ0) is 18.8. The minimum absolute atomic E-state index is 0.120. The van der Waals surface area contributed by atoms with E-state index in [1.807, 2.05) is 0 Å². The predicted molar refractivity (Wildman–Crippen MR) is 92.8 cm³/mol. The average Bonchev–Trinajstić information content (AvgIpc) is 2.85. The third-order valence-corrected chi connectivity index (χ3v) is 3.77. The number of benzene rings is 2. The molecule has 0 aliphatic carbocycles. The van der Waals surface area contributed by atoms with Gasteiger partial charge in [0.25, 0.3) is 11.8 Å². The van der Waals surface area contributed by atoms with Crippen molar-refractivity contribution in [3.05, 3.63) is 64.4 Å². The van der Waals surface area contributed by atoms with Crippen molar-refractivity contribution in [1.29, 1.82) is 0 Å². The first-order valence-corrected chi connectivity index (χ1v) is 7.83.